The highest BCUT2D eigenvalue weighted by atomic mass is 16.2. The van der Waals surface area contributed by atoms with E-state index >= 15 is 0 Å². The minimum absolute atomic E-state index is 0.0673. The molecule has 6 heteroatoms. The third kappa shape index (κ3) is 3.73. The standard InChI is InChI=1S/C32H31N3O3/c1-20-4-2-5-26(12-20)34-11-3-6-27(34)16-28-29(36)33-31(38)35(30(28)37)25-9-7-24(8-10-25)32-17-21-13-22(18-32)15-23(14-21)19-32/h2-12,16,21-23H,13-15,17-19H2,1H3,(H,33,36,38)/b28-16+. The molecular weight excluding hydrogens is 474 g/mol. The van der Waals surface area contributed by atoms with Crippen LogP contribution in [0.2, 0.25) is 0 Å². The number of anilines is 1. The molecule has 1 N–H and O–H groups in total. The Morgan fingerprint density at radius 2 is 1.53 bits per heavy atom. The Labute approximate surface area is 222 Å². The molecule has 1 aliphatic heterocycles. The molecular formula is C32H31N3O3. The van der Waals surface area contributed by atoms with Crippen molar-refractivity contribution >= 4 is 29.6 Å². The van der Waals surface area contributed by atoms with E-state index < -0.39 is 17.8 Å². The Bertz CT molecular complexity index is 1460. The molecule has 4 bridgehead atoms. The third-order valence-corrected chi connectivity index (χ3v) is 9.23. The van der Waals surface area contributed by atoms with E-state index in [-0.39, 0.29) is 11.0 Å². The molecule has 0 atom stereocenters. The molecule has 38 heavy (non-hydrogen) atoms. The average Bonchev–Trinajstić information content (AvgIpc) is 3.34. The number of nitrogens with one attached hydrogen (secondary N) is 1. The van der Waals surface area contributed by atoms with Crippen LogP contribution >= 0.6 is 0 Å². The fourth-order valence-corrected chi connectivity index (χ4v) is 7.99. The van der Waals surface area contributed by atoms with Crippen LogP contribution in [0.4, 0.5) is 10.5 Å². The fourth-order valence-electron chi connectivity index (χ4n) is 7.99. The van der Waals surface area contributed by atoms with Crippen LogP contribution in [0.25, 0.3) is 11.8 Å². The fraction of sp³-hybridized carbons (Fsp3) is 0.344. The number of aromatic nitrogens is 1. The predicted molar refractivity (Wildman–Crippen MR) is 146 cm³/mol. The minimum atomic E-state index is -0.714. The number of nitrogens with zero attached hydrogens (tertiary/aromatic N) is 2. The van der Waals surface area contributed by atoms with Crippen molar-refractivity contribution in [1.82, 2.24) is 9.88 Å². The van der Waals surface area contributed by atoms with Gasteiger partial charge in [0.15, 0.2) is 0 Å². The lowest BCUT2D eigenvalue weighted by atomic mass is 9.48. The molecule has 8 rings (SSSR count). The van der Waals surface area contributed by atoms with E-state index in [0.29, 0.717) is 11.4 Å². The lowest BCUT2D eigenvalue weighted by Crippen LogP contribution is -2.54. The van der Waals surface area contributed by atoms with Gasteiger partial charge < -0.3 is 4.57 Å². The zero-order valence-corrected chi connectivity index (χ0v) is 21.5. The van der Waals surface area contributed by atoms with E-state index in [1.165, 1.54) is 44.1 Å². The largest absolute Gasteiger partial charge is 0.335 e. The van der Waals surface area contributed by atoms with Crippen molar-refractivity contribution < 1.29 is 14.4 Å². The summed E-state index contributed by atoms with van der Waals surface area (Å²) in [5, 5.41) is 2.36. The zero-order valence-electron chi connectivity index (χ0n) is 21.5. The normalized spacial score (nSPS) is 29.3. The van der Waals surface area contributed by atoms with Gasteiger partial charge in [0, 0.05) is 17.6 Å². The zero-order chi connectivity index (χ0) is 26.0. The smallest absolute Gasteiger partial charge is 0.317 e. The van der Waals surface area contributed by atoms with Gasteiger partial charge in [0.25, 0.3) is 11.8 Å². The number of rotatable bonds is 4. The van der Waals surface area contributed by atoms with Crippen molar-refractivity contribution in [2.75, 3.05) is 4.90 Å². The first-order valence-electron chi connectivity index (χ1n) is 13.6. The van der Waals surface area contributed by atoms with E-state index in [1.54, 1.807) is 6.08 Å². The molecule has 2 heterocycles. The van der Waals surface area contributed by atoms with E-state index in [4.69, 9.17) is 0 Å². The maximum absolute atomic E-state index is 13.5. The molecule has 5 fully saturated rings. The van der Waals surface area contributed by atoms with Gasteiger partial charge in [-0.25, -0.2) is 9.69 Å². The van der Waals surface area contributed by atoms with E-state index in [2.05, 4.69) is 17.4 Å². The maximum Gasteiger partial charge on any atom is 0.335 e. The van der Waals surface area contributed by atoms with Crippen LogP contribution in [-0.4, -0.2) is 22.4 Å². The highest BCUT2D eigenvalue weighted by Gasteiger charge is 2.51. The second-order valence-corrected chi connectivity index (χ2v) is 11.8. The number of hydrogen-bond donors (Lipinski definition) is 1. The van der Waals surface area contributed by atoms with Gasteiger partial charge in [0.05, 0.1) is 5.69 Å². The van der Waals surface area contributed by atoms with Crippen molar-refractivity contribution in [2.24, 2.45) is 17.8 Å². The number of barbiturate groups is 1. The van der Waals surface area contributed by atoms with Gasteiger partial charge in [-0.05, 0) is 122 Å². The number of imide groups is 2. The summed E-state index contributed by atoms with van der Waals surface area (Å²) < 4.78 is 1.92. The monoisotopic (exact) mass is 505 g/mol. The second kappa shape index (κ2) is 8.55. The molecule has 5 aliphatic rings. The molecule has 1 saturated heterocycles. The summed E-state index contributed by atoms with van der Waals surface area (Å²) in [6, 6.07) is 18.9. The molecule has 0 radical (unpaired) electrons. The third-order valence-electron chi connectivity index (χ3n) is 9.23. The highest BCUT2D eigenvalue weighted by Crippen LogP contribution is 2.60. The van der Waals surface area contributed by atoms with E-state index in [9.17, 15) is 14.4 Å². The molecule has 2 aromatic carbocycles. The summed E-state index contributed by atoms with van der Waals surface area (Å²) in [5.41, 5.74) is 4.70. The number of benzene rings is 2. The molecule has 6 nitrogen and oxygen atoms in total. The summed E-state index contributed by atoms with van der Waals surface area (Å²) in [5.74, 6) is 1.23. The molecule has 0 unspecified atom stereocenters. The molecule has 4 aliphatic carbocycles. The van der Waals surface area contributed by atoms with Gasteiger partial charge in [0.1, 0.15) is 5.57 Å². The van der Waals surface area contributed by atoms with Crippen molar-refractivity contribution in [1.29, 1.82) is 0 Å². The Morgan fingerprint density at radius 3 is 2.18 bits per heavy atom. The summed E-state index contributed by atoms with van der Waals surface area (Å²) in [7, 11) is 0. The van der Waals surface area contributed by atoms with Crippen LogP contribution < -0.4 is 10.2 Å². The number of carbonyl (C=O) groups excluding carboxylic acids is 3. The summed E-state index contributed by atoms with van der Waals surface area (Å²) in [6.45, 7) is 2.02. The van der Waals surface area contributed by atoms with Crippen LogP contribution in [-0.2, 0) is 15.0 Å². The summed E-state index contributed by atoms with van der Waals surface area (Å²) >= 11 is 0. The SMILES string of the molecule is Cc1cccc(-n2cccc2/C=C2\C(=O)NC(=O)N(c3ccc(C45CC6CC(CC(C6)C4)C5)cc3)C2=O)c1. The first-order chi connectivity index (χ1) is 18.4. The van der Waals surface area contributed by atoms with E-state index in [0.717, 1.165) is 33.9 Å². The topological polar surface area (TPSA) is 71.4 Å². The van der Waals surface area contributed by atoms with Crippen LogP contribution in [0, 0.1) is 24.7 Å². The van der Waals surface area contributed by atoms with Gasteiger partial charge in [-0.1, -0.05) is 24.3 Å². The molecule has 1 aromatic heterocycles. The van der Waals surface area contributed by atoms with Crippen molar-refractivity contribution in [3.05, 3.63) is 89.3 Å². The van der Waals surface area contributed by atoms with Gasteiger partial charge >= 0.3 is 6.03 Å². The number of carbonyl (C=O) groups is 3. The predicted octanol–water partition coefficient (Wildman–Crippen LogP) is 5.92. The lowest BCUT2D eigenvalue weighted by Gasteiger charge is -2.57. The van der Waals surface area contributed by atoms with Gasteiger partial charge in [0.2, 0.25) is 0 Å². The number of hydrogen-bond acceptors (Lipinski definition) is 3. The van der Waals surface area contributed by atoms with Crippen LogP contribution in [0.5, 0.6) is 0 Å². The van der Waals surface area contributed by atoms with Crippen molar-refractivity contribution in [3.8, 4) is 5.69 Å². The second-order valence-electron chi connectivity index (χ2n) is 11.8. The molecule has 4 amide bonds. The van der Waals surface area contributed by atoms with Gasteiger partial charge in [-0.2, -0.15) is 0 Å². The highest BCUT2D eigenvalue weighted by molar-refractivity contribution is 6.39. The van der Waals surface area contributed by atoms with Crippen LogP contribution in [0.15, 0.2) is 72.4 Å². The number of amides is 4. The Hall–Kier alpha value is -3.93. The van der Waals surface area contributed by atoms with Crippen LogP contribution in [0.3, 0.4) is 0 Å². The Morgan fingerprint density at radius 1 is 0.842 bits per heavy atom. The minimum Gasteiger partial charge on any atom is -0.317 e. The molecule has 192 valence electrons. The van der Waals surface area contributed by atoms with E-state index in [1.807, 2.05) is 66.2 Å². The van der Waals surface area contributed by atoms with Gasteiger partial charge in [-0.15, -0.1) is 0 Å². The summed E-state index contributed by atoms with van der Waals surface area (Å²) in [6.07, 6.45) is 11.4. The van der Waals surface area contributed by atoms with Crippen LogP contribution in [0.1, 0.15) is 55.3 Å². The molecule has 3 aromatic rings. The Kier molecular flexibility index (Phi) is 5.22. The van der Waals surface area contributed by atoms with Gasteiger partial charge in [-0.3, -0.25) is 14.9 Å². The van der Waals surface area contributed by atoms with Crippen molar-refractivity contribution in [2.45, 2.75) is 50.9 Å². The number of urea groups is 1. The first kappa shape index (κ1) is 23.2. The molecule has 4 saturated carbocycles. The molecule has 0 spiro atoms. The Balaban J connectivity index is 1.19. The first-order valence-corrected chi connectivity index (χ1v) is 13.6. The summed E-state index contributed by atoms with van der Waals surface area (Å²) in [4.78, 5) is 40.2. The number of aryl methyl sites for hydroxylation is 1. The maximum atomic E-state index is 13.5. The van der Waals surface area contributed by atoms with Crippen molar-refractivity contribution in [3.63, 3.8) is 0 Å². The average molecular weight is 506 g/mol. The lowest BCUT2D eigenvalue weighted by molar-refractivity contribution is -0.122. The quantitative estimate of drug-likeness (QED) is 0.353.